The number of nitrogens with zero attached hydrogens (tertiary/aromatic N) is 1. The lowest BCUT2D eigenvalue weighted by atomic mass is 9.88. The van der Waals surface area contributed by atoms with Crippen LogP contribution < -0.4 is 16.2 Å². The molecule has 2 rings (SSSR count). The van der Waals surface area contributed by atoms with Crippen LogP contribution in [0.5, 0.6) is 5.75 Å². The molecule has 1 aliphatic rings. The van der Waals surface area contributed by atoms with Gasteiger partial charge in [-0.25, -0.2) is 0 Å². The normalized spacial score (nSPS) is 16.0. The average Bonchev–Trinajstić information content (AvgIpc) is 3.08. The van der Waals surface area contributed by atoms with E-state index in [-0.39, 0.29) is 23.6 Å². The van der Waals surface area contributed by atoms with Crippen LogP contribution >= 0.6 is 0 Å². The molecule has 1 aromatic carbocycles. The fourth-order valence-electron chi connectivity index (χ4n) is 3.82. The van der Waals surface area contributed by atoms with E-state index in [1.165, 1.54) is 0 Å². The number of amides is 1. The number of rotatable bonds is 13. The highest BCUT2D eigenvalue weighted by Crippen LogP contribution is 2.38. The number of hydrogen-bond donors (Lipinski definition) is 3. The lowest BCUT2D eigenvalue weighted by Crippen LogP contribution is -2.24. The number of carbonyl (C=O) groups is 1. The summed E-state index contributed by atoms with van der Waals surface area (Å²) in [5, 5.41) is 16.1. The van der Waals surface area contributed by atoms with Crippen LogP contribution in [-0.2, 0) is 4.79 Å². The van der Waals surface area contributed by atoms with Crippen LogP contribution in [0.1, 0.15) is 81.3 Å². The molecule has 1 amide bonds. The summed E-state index contributed by atoms with van der Waals surface area (Å²) < 4.78 is 5.74. The van der Waals surface area contributed by atoms with E-state index in [1.807, 2.05) is 12.1 Å². The highest BCUT2D eigenvalue weighted by molar-refractivity contribution is 5.95. The zero-order valence-corrected chi connectivity index (χ0v) is 16.6. The Labute approximate surface area is 167 Å². The van der Waals surface area contributed by atoms with E-state index in [2.05, 4.69) is 6.07 Å². The summed E-state index contributed by atoms with van der Waals surface area (Å²) in [6.07, 6.45) is 9.59. The van der Waals surface area contributed by atoms with Crippen molar-refractivity contribution in [1.29, 1.82) is 10.7 Å². The van der Waals surface area contributed by atoms with Gasteiger partial charge < -0.3 is 16.2 Å². The molecule has 0 radical (unpaired) electrons. The van der Waals surface area contributed by atoms with Gasteiger partial charge in [0.25, 0.3) is 0 Å². The Balaban J connectivity index is 1.76. The van der Waals surface area contributed by atoms with Crippen molar-refractivity contribution in [2.45, 2.75) is 70.1 Å². The number of benzene rings is 1. The van der Waals surface area contributed by atoms with Crippen molar-refractivity contribution >= 4 is 11.7 Å². The molecule has 28 heavy (non-hydrogen) atoms. The molecule has 1 heterocycles. The van der Waals surface area contributed by atoms with E-state index in [4.69, 9.17) is 26.9 Å². The summed E-state index contributed by atoms with van der Waals surface area (Å²) >= 11 is 0. The number of fused-ring (bicyclic) bond motifs is 1. The number of hydrogen-bond acceptors (Lipinski definition) is 4. The molecule has 0 aromatic heterocycles. The number of amidine groups is 1. The second-order valence-electron chi connectivity index (χ2n) is 7.67. The van der Waals surface area contributed by atoms with Gasteiger partial charge in [-0.05, 0) is 43.9 Å². The summed E-state index contributed by atoms with van der Waals surface area (Å²) in [6.45, 7) is 0.602. The SMILES string of the molecule is N#CCCCCCCCCC(CCC1COc2ccc(C(=N)N)cc21)C(N)=O. The minimum atomic E-state index is -0.217. The Morgan fingerprint density at radius 3 is 2.57 bits per heavy atom. The maximum absolute atomic E-state index is 11.8. The van der Waals surface area contributed by atoms with Crippen LogP contribution in [0, 0.1) is 22.7 Å². The van der Waals surface area contributed by atoms with E-state index in [0.29, 0.717) is 18.6 Å². The van der Waals surface area contributed by atoms with Crippen molar-refractivity contribution in [1.82, 2.24) is 0 Å². The van der Waals surface area contributed by atoms with Gasteiger partial charge in [0, 0.05) is 29.4 Å². The predicted octanol–water partition coefficient (Wildman–Crippen LogP) is 3.97. The van der Waals surface area contributed by atoms with E-state index in [0.717, 1.165) is 69.1 Å². The summed E-state index contributed by atoms with van der Waals surface area (Å²) in [7, 11) is 0. The molecule has 0 bridgehead atoms. The topological polar surface area (TPSA) is 126 Å². The maximum Gasteiger partial charge on any atom is 0.220 e. The Morgan fingerprint density at radius 2 is 1.89 bits per heavy atom. The number of carbonyl (C=O) groups excluding carboxylic acids is 1. The predicted molar refractivity (Wildman–Crippen MR) is 110 cm³/mol. The first-order valence-electron chi connectivity index (χ1n) is 10.3. The summed E-state index contributed by atoms with van der Waals surface area (Å²) in [6, 6.07) is 7.77. The van der Waals surface area contributed by atoms with Gasteiger partial charge in [-0.3, -0.25) is 10.2 Å². The summed E-state index contributed by atoms with van der Waals surface area (Å²) in [5.74, 6) is 0.804. The number of unbranched alkanes of at least 4 members (excludes halogenated alkanes) is 6. The zero-order chi connectivity index (χ0) is 20.4. The number of ether oxygens (including phenoxy) is 1. The van der Waals surface area contributed by atoms with E-state index >= 15 is 0 Å². The molecule has 2 unspecified atom stereocenters. The first-order chi connectivity index (χ1) is 13.5. The van der Waals surface area contributed by atoms with Crippen molar-refractivity contribution in [2.75, 3.05) is 6.61 Å². The van der Waals surface area contributed by atoms with Gasteiger partial charge in [0.1, 0.15) is 11.6 Å². The molecule has 5 N–H and O–H groups in total. The highest BCUT2D eigenvalue weighted by atomic mass is 16.5. The largest absolute Gasteiger partial charge is 0.493 e. The highest BCUT2D eigenvalue weighted by Gasteiger charge is 2.26. The molecule has 0 saturated carbocycles. The van der Waals surface area contributed by atoms with Gasteiger partial charge in [-0.15, -0.1) is 0 Å². The van der Waals surface area contributed by atoms with E-state index < -0.39 is 0 Å². The lowest BCUT2D eigenvalue weighted by Gasteiger charge is -2.16. The number of primary amides is 1. The second-order valence-corrected chi connectivity index (χ2v) is 7.67. The van der Waals surface area contributed by atoms with Crippen molar-refractivity contribution in [3.8, 4) is 11.8 Å². The van der Waals surface area contributed by atoms with Gasteiger partial charge in [0.15, 0.2) is 0 Å². The van der Waals surface area contributed by atoms with Gasteiger partial charge in [-0.1, -0.05) is 32.1 Å². The Bertz CT molecular complexity index is 711. The van der Waals surface area contributed by atoms with Crippen molar-refractivity contribution in [3.63, 3.8) is 0 Å². The Kier molecular flexibility index (Phi) is 8.80. The van der Waals surface area contributed by atoms with E-state index in [1.54, 1.807) is 6.07 Å². The second kappa shape index (κ2) is 11.3. The van der Waals surface area contributed by atoms with Crippen molar-refractivity contribution in [3.05, 3.63) is 29.3 Å². The number of nitriles is 1. The molecule has 0 fully saturated rings. The van der Waals surface area contributed by atoms with Gasteiger partial charge >= 0.3 is 0 Å². The average molecular weight is 385 g/mol. The van der Waals surface area contributed by atoms with Crippen molar-refractivity contribution in [2.24, 2.45) is 17.4 Å². The number of nitrogen functional groups attached to an aromatic ring is 1. The minimum Gasteiger partial charge on any atom is -0.493 e. The Morgan fingerprint density at radius 1 is 1.18 bits per heavy atom. The first-order valence-corrected chi connectivity index (χ1v) is 10.3. The van der Waals surface area contributed by atoms with Crippen LogP contribution in [0.2, 0.25) is 0 Å². The molecule has 1 aliphatic heterocycles. The van der Waals surface area contributed by atoms with E-state index in [9.17, 15) is 4.79 Å². The van der Waals surface area contributed by atoms with Crippen LogP contribution in [0.25, 0.3) is 0 Å². The van der Waals surface area contributed by atoms with Crippen LogP contribution in [0.3, 0.4) is 0 Å². The molecule has 2 atom stereocenters. The van der Waals surface area contributed by atoms with Gasteiger partial charge in [0.2, 0.25) is 5.91 Å². The first kappa shape index (κ1) is 21.7. The molecular weight excluding hydrogens is 352 g/mol. The lowest BCUT2D eigenvalue weighted by molar-refractivity contribution is -0.122. The molecule has 0 aliphatic carbocycles. The molecule has 0 saturated heterocycles. The van der Waals surface area contributed by atoms with Gasteiger partial charge in [0.05, 0.1) is 12.7 Å². The molecule has 6 nitrogen and oxygen atoms in total. The molecule has 6 heteroatoms. The minimum absolute atomic E-state index is 0.0519. The van der Waals surface area contributed by atoms with Gasteiger partial charge in [-0.2, -0.15) is 5.26 Å². The fourth-order valence-corrected chi connectivity index (χ4v) is 3.82. The molecular formula is C22H32N4O2. The number of nitrogens with two attached hydrogens (primary N) is 2. The van der Waals surface area contributed by atoms with Crippen LogP contribution in [0.4, 0.5) is 0 Å². The monoisotopic (exact) mass is 384 g/mol. The standard InChI is InChI=1S/C22H32N4O2/c23-13-7-5-3-1-2-4-6-8-16(22(26)27)9-10-18-15-28-20-12-11-17(21(24)25)14-19(18)20/h11-12,14,16,18H,1-10,15H2,(H3,24,25)(H2,26,27). The van der Waals surface area contributed by atoms with Crippen LogP contribution in [0.15, 0.2) is 18.2 Å². The third-order valence-electron chi connectivity index (χ3n) is 5.56. The smallest absolute Gasteiger partial charge is 0.220 e. The quantitative estimate of drug-likeness (QED) is 0.270. The van der Waals surface area contributed by atoms with Crippen molar-refractivity contribution < 1.29 is 9.53 Å². The molecule has 0 spiro atoms. The summed E-state index contributed by atoms with van der Waals surface area (Å²) in [5.41, 5.74) is 13.0. The zero-order valence-electron chi connectivity index (χ0n) is 16.6. The number of nitrogens with one attached hydrogen (secondary N) is 1. The summed E-state index contributed by atoms with van der Waals surface area (Å²) in [4.78, 5) is 11.8. The third kappa shape index (κ3) is 6.56. The molecule has 152 valence electrons. The Hall–Kier alpha value is -2.55. The third-order valence-corrected chi connectivity index (χ3v) is 5.56. The maximum atomic E-state index is 11.8. The van der Waals surface area contributed by atoms with Crippen LogP contribution in [-0.4, -0.2) is 18.3 Å². The molecule has 1 aromatic rings. The fraction of sp³-hybridized carbons (Fsp3) is 0.591.